The average molecular weight is 825 g/mol. The SMILES string of the molecule is O=S(=O)(O)c1cc(Nc2nc(NCCCO)nc(Nc3ccccc3)n2)ccc1C=Cc1ccc(Nc2nc(NCCCO)nc(Nc3ccccc3)n2)cc1.[H-].[H-].[Na+].[Na+]. The van der Waals surface area contributed by atoms with Crippen LogP contribution in [0.25, 0.3) is 12.2 Å². The van der Waals surface area contributed by atoms with Crippen LogP contribution >= 0.6 is 0 Å². The van der Waals surface area contributed by atoms with Gasteiger partial charge < -0.3 is 45.0 Å². The van der Waals surface area contributed by atoms with Crippen molar-refractivity contribution < 1.29 is 85.2 Å². The van der Waals surface area contributed by atoms with E-state index in [9.17, 15) is 23.2 Å². The first-order valence-corrected chi connectivity index (χ1v) is 19.0. The van der Waals surface area contributed by atoms with Gasteiger partial charge in [0.25, 0.3) is 10.1 Å². The van der Waals surface area contributed by atoms with E-state index in [2.05, 4.69) is 61.8 Å². The molecule has 0 atom stereocenters. The zero-order valence-corrected chi connectivity index (χ0v) is 36.8. The molecule has 6 rings (SSSR count). The summed E-state index contributed by atoms with van der Waals surface area (Å²) in [6.45, 7) is 0.906. The maximum Gasteiger partial charge on any atom is 1.00 e. The minimum Gasteiger partial charge on any atom is -1.00 e. The van der Waals surface area contributed by atoms with E-state index in [0.717, 1.165) is 16.9 Å². The second kappa shape index (κ2) is 23.0. The molecular weight excluding hydrogens is 783 g/mol. The third-order valence-corrected chi connectivity index (χ3v) is 8.65. The molecule has 0 spiro atoms. The molecule has 4 aromatic carbocycles. The Bertz CT molecular complexity index is 2360. The van der Waals surface area contributed by atoms with Gasteiger partial charge in [-0.1, -0.05) is 66.7 Å². The van der Waals surface area contributed by atoms with Crippen LogP contribution in [0.2, 0.25) is 0 Å². The first kappa shape index (κ1) is 46.0. The van der Waals surface area contributed by atoms with Crippen LogP contribution in [0.3, 0.4) is 0 Å². The second-order valence-corrected chi connectivity index (χ2v) is 13.4. The van der Waals surface area contributed by atoms with Crippen LogP contribution in [0.15, 0.2) is 108 Å². The first-order chi connectivity index (χ1) is 27.2. The number of rotatable bonds is 19. The molecule has 6 aromatic rings. The number of benzene rings is 4. The molecule has 0 aliphatic rings. The summed E-state index contributed by atoms with van der Waals surface area (Å²) in [6.07, 6.45) is 4.30. The topological polar surface area (TPSA) is 244 Å². The van der Waals surface area contributed by atoms with Crippen molar-refractivity contribution in [1.82, 2.24) is 29.9 Å². The molecule has 0 aliphatic heterocycles. The van der Waals surface area contributed by atoms with E-state index in [4.69, 9.17) is 0 Å². The van der Waals surface area contributed by atoms with Crippen LogP contribution in [-0.2, 0) is 10.1 Å². The standard InChI is InChI=1S/C38H40N12O5S.2Na.2H/c51-23-7-21-39-33-45-35(41-28-9-3-1-4-10-28)49-37(47-33)43-30-18-14-26(15-19-30)13-16-27-17-20-31(25-32(27)56(53,54)55)44-38-48-34(40-22-8-24-52)46-36(50-38)42-29-11-5-2-6-12-29;;;;/h1-6,9-20,25,51-52H,7-8,21-24H2,(H,53,54,55)(H3,39,41,43,45,47,49)(H3,40,42,44,46,48,50);;;;/q;2*+1;2*-1. The summed E-state index contributed by atoms with van der Waals surface area (Å²) in [5, 5.41) is 37.0. The zero-order chi connectivity index (χ0) is 39.2. The zero-order valence-electron chi connectivity index (χ0n) is 34.0. The quantitative estimate of drug-likeness (QED) is 0.0230. The third-order valence-electron chi connectivity index (χ3n) is 7.74. The van der Waals surface area contributed by atoms with Gasteiger partial charge in [-0.2, -0.15) is 38.3 Å². The fourth-order valence-corrected chi connectivity index (χ4v) is 5.80. The van der Waals surface area contributed by atoms with Crippen molar-refractivity contribution in [2.75, 3.05) is 58.2 Å². The average Bonchev–Trinajstić information content (AvgIpc) is 3.18. The summed E-state index contributed by atoms with van der Waals surface area (Å²) >= 11 is 0. The molecule has 9 N–H and O–H groups in total. The summed E-state index contributed by atoms with van der Waals surface area (Å²) in [5.74, 6) is 1.51. The maximum absolute atomic E-state index is 12.5. The number of hydrogen-bond acceptors (Lipinski definition) is 16. The minimum atomic E-state index is -4.65. The second-order valence-electron chi connectivity index (χ2n) is 12.0. The van der Waals surface area contributed by atoms with Gasteiger partial charge >= 0.3 is 59.1 Å². The molecule has 0 saturated heterocycles. The van der Waals surface area contributed by atoms with Crippen molar-refractivity contribution in [2.24, 2.45) is 0 Å². The predicted molar refractivity (Wildman–Crippen MR) is 220 cm³/mol. The molecule has 0 fully saturated rings. The summed E-state index contributed by atoms with van der Waals surface area (Å²) in [6, 6.07) is 30.5. The molecule has 292 valence electrons. The van der Waals surface area contributed by atoms with E-state index in [1.807, 2.05) is 84.9 Å². The van der Waals surface area contributed by atoms with E-state index in [0.29, 0.717) is 49.2 Å². The fraction of sp³-hybridized carbons (Fsp3) is 0.158. The van der Waals surface area contributed by atoms with Crippen LogP contribution in [0, 0.1) is 0 Å². The predicted octanol–water partition coefficient (Wildman–Crippen LogP) is 0.270. The van der Waals surface area contributed by atoms with Crippen LogP contribution in [0.1, 0.15) is 26.8 Å². The molecule has 2 heterocycles. The van der Waals surface area contributed by atoms with Crippen molar-refractivity contribution in [2.45, 2.75) is 17.7 Å². The largest absolute Gasteiger partial charge is 1.00 e. The number of aliphatic hydroxyl groups excluding tert-OH is 2. The van der Waals surface area contributed by atoms with Crippen molar-refractivity contribution >= 4 is 80.7 Å². The molecule has 0 unspecified atom stereocenters. The number of nitrogens with zero attached hydrogens (tertiary/aromatic N) is 6. The normalized spacial score (nSPS) is 10.9. The van der Waals surface area contributed by atoms with Crippen molar-refractivity contribution in [3.05, 3.63) is 114 Å². The number of para-hydroxylation sites is 2. The number of hydrogen-bond donors (Lipinski definition) is 9. The van der Waals surface area contributed by atoms with Crippen LogP contribution in [-0.4, -0.2) is 79.4 Å². The monoisotopic (exact) mass is 824 g/mol. The van der Waals surface area contributed by atoms with Crippen LogP contribution in [0.5, 0.6) is 0 Å². The Labute approximate surface area is 383 Å². The summed E-state index contributed by atoms with van der Waals surface area (Å²) in [4.78, 5) is 26.3. The van der Waals surface area contributed by atoms with Crippen LogP contribution in [0.4, 0.5) is 58.4 Å². The Morgan fingerprint density at radius 1 is 0.517 bits per heavy atom. The minimum absolute atomic E-state index is 0. The summed E-state index contributed by atoms with van der Waals surface area (Å²) < 4.78 is 35.2. The fourth-order valence-electron chi connectivity index (χ4n) is 5.09. The summed E-state index contributed by atoms with van der Waals surface area (Å²) in [5.41, 5.74) is 3.52. The maximum atomic E-state index is 12.5. The van der Waals surface area contributed by atoms with Crippen molar-refractivity contribution in [3.8, 4) is 0 Å². The Hall–Kier alpha value is -4.73. The van der Waals surface area contributed by atoms with E-state index in [1.165, 1.54) is 6.07 Å². The number of aliphatic hydroxyl groups is 2. The molecule has 0 saturated carbocycles. The van der Waals surface area contributed by atoms with Gasteiger partial charge in [0.1, 0.15) is 4.90 Å². The smallest absolute Gasteiger partial charge is 1.00 e. The molecule has 20 heteroatoms. The molecular formula is C38H42N12Na2O5S. The van der Waals surface area contributed by atoms with E-state index >= 15 is 0 Å². The van der Waals surface area contributed by atoms with Gasteiger partial charge in [-0.3, -0.25) is 4.55 Å². The van der Waals surface area contributed by atoms with E-state index in [-0.39, 0.29) is 109 Å². The van der Waals surface area contributed by atoms with Gasteiger partial charge in [0, 0.05) is 49.1 Å². The molecule has 0 bridgehead atoms. The van der Waals surface area contributed by atoms with Gasteiger partial charge in [-0.25, -0.2) is 0 Å². The molecule has 0 aliphatic carbocycles. The Morgan fingerprint density at radius 3 is 1.34 bits per heavy atom. The van der Waals surface area contributed by atoms with Gasteiger partial charge in [0.05, 0.1) is 0 Å². The molecule has 17 nitrogen and oxygen atoms in total. The summed E-state index contributed by atoms with van der Waals surface area (Å²) in [7, 11) is -4.65. The Kier molecular flexibility index (Phi) is 18.2. The number of anilines is 10. The van der Waals surface area contributed by atoms with E-state index < -0.39 is 10.1 Å². The van der Waals surface area contributed by atoms with Gasteiger partial charge in [0.2, 0.25) is 35.7 Å². The van der Waals surface area contributed by atoms with Crippen LogP contribution < -0.4 is 91.0 Å². The molecule has 58 heavy (non-hydrogen) atoms. The van der Waals surface area contributed by atoms with Gasteiger partial charge in [0.15, 0.2) is 0 Å². The molecule has 0 radical (unpaired) electrons. The Morgan fingerprint density at radius 2 is 0.914 bits per heavy atom. The van der Waals surface area contributed by atoms with Crippen molar-refractivity contribution in [1.29, 1.82) is 0 Å². The Balaban J connectivity index is 0.00000310. The molecule has 2 aromatic heterocycles. The first-order valence-electron chi connectivity index (χ1n) is 17.5. The van der Waals surface area contributed by atoms with Gasteiger partial charge in [-0.05, 0) is 72.5 Å². The third kappa shape index (κ3) is 14.3. The number of nitrogens with one attached hydrogen (secondary N) is 6. The van der Waals surface area contributed by atoms with E-state index in [1.54, 1.807) is 24.3 Å². The van der Waals surface area contributed by atoms with Gasteiger partial charge in [-0.15, -0.1) is 0 Å². The number of aromatic nitrogens is 6. The van der Waals surface area contributed by atoms with Crippen molar-refractivity contribution in [3.63, 3.8) is 0 Å². The molecule has 0 amide bonds.